The molecule has 11 heteroatoms. The number of nitro benzene ring substituents is 1. The van der Waals surface area contributed by atoms with Crippen molar-refractivity contribution in [3.05, 3.63) is 81.4 Å². The Morgan fingerprint density at radius 1 is 1.08 bits per heavy atom. The molecule has 0 saturated heterocycles. The molecule has 0 aliphatic carbocycles. The number of anilines is 1. The Bertz CT molecular complexity index is 1500. The van der Waals surface area contributed by atoms with Gasteiger partial charge in [-0.2, -0.15) is 4.80 Å². The van der Waals surface area contributed by atoms with Gasteiger partial charge in [-0.05, 0) is 86.4 Å². The molecule has 4 aromatic rings. The van der Waals surface area contributed by atoms with E-state index in [4.69, 9.17) is 17.0 Å². The number of thiocarbonyl (C=S) groups is 1. The van der Waals surface area contributed by atoms with Crippen LogP contribution in [-0.2, 0) is 6.42 Å². The van der Waals surface area contributed by atoms with Gasteiger partial charge in [0.1, 0.15) is 11.0 Å². The number of ether oxygens (including phenoxy) is 1. The molecular formula is C27H28N6O4S. The number of carbonyl (C=O) groups excluding carboxylic acids is 1. The maximum atomic E-state index is 12.7. The molecule has 196 valence electrons. The number of nitrogens with one attached hydrogen (secondary N) is 2. The second-order valence-corrected chi connectivity index (χ2v) is 9.10. The maximum absolute atomic E-state index is 12.7. The van der Waals surface area contributed by atoms with Gasteiger partial charge in [-0.25, -0.2) is 0 Å². The SMILES string of the molecule is CCCCc1ccc(-n2nc3cc(C)c(NC(=S)NC(=O)c4ccc(OCC)c([N+](=O)[O-])c4)cc3n2)cc1. The van der Waals surface area contributed by atoms with Gasteiger partial charge < -0.3 is 10.1 Å². The topological polar surface area (TPSA) is 124 Å². The summed E-state index contributed by atoms with van der Waals surface area (Å²) in [5.41, 5.74) is 4.82. The minimum absolute atomic E-state index is 0.0454. The third kappa shape index (κ3) is 6.12. The summed E-state index contributed by atoms with van der Waals surface area (Å²) in [4.78, 5) is 25.1. The van der Waals surface area contributed by atoms with E-state index < -0.39 is 10.8 Å². The van der Waals surface area contributed by atoms with Gasteiger partial charge in [0.2, 0.25) is 0 Å². The quantitative estimate of drug-likeness (QED) is 0.164. The first-order valence-corrected chi connectivity index (χ1v) is 12.7. The van der Waals surface area contributed by atoms with Crippen LogP contribution in [0.3, 0.4) is 0 Å². The van der Waals surface area contributed by atoms with Crippen molar-refractivity contribution in [3.8, 4) is 11.4 Å². The predicted molar refractivity (Wildman–Crippen MR) is 150 cm³/mol. The lowest BCUT2D eigenvalue weighted by Crippen LogP contribution is -2.34. The van der Waals surface area contributed by atoms with Gasteiger partial charge >= 0.3 is 5.69 Å². The average Bonchev–Trinajstić information content (AvgIpc) is 3.30. The van der Waals surface area contributed by atoms with Crippen LogP contribution in [0.5, 0.6) is 5.75 Å². The summed E-state index contributed by atoms with van der Waals surface area (Å²) in [6.07, 6.45) is 3.35. The molecule has 0 aliphatic heterocycles. The fraction of sp³-hybridized carbons (Fsp3) is 0.259. The van der Waals surface area contributed by atoms with Crippen molar-refractivity contribution >= 4 is 45.6 Å². The Morgan fingerprint density at radius 3 is 2.45 bits per heavy atom. The molecule has 0 saturated carbocycles. The monoisotopic (exact) mass is 532 g/mol. The van der Waals surface area contributed by atoms with E-state index in [0.29, 0.717) is 11.2 Å². The Balaban J connectivity index is 1.48. The molecule has 10 nitrogen and oxygen atoms in total. The van der Waals surface area contributed by atoms with Gasteiger partial charge in [0.05, 0.1) is 17.2 Å². The van der Waals surface area contributed by atoms with Crippen molar-refractivity contribution < 1.29 is 14.5 Å². The van der Waals surface area contributed by atoms with Gasteiger partial charge in [-0.15, -0.1) is 10.2 Å². The molecule has 2 N–H and O–H groups in total. The van der Waals surface area contributed by atoms with E-state index >= 15 is 0 Å². The molecule has 4 rings (SSSR count). The number of aromatic nitrogens is 3. The fourth-order valence-corrected chi connectivity index (χ4v) is 4.11. The molecule has 0 fully saturated rings. The van der Waals surface area contributed by atoms with Crippen LogP contribution in [0.4, 0.5) is 11.4 Å². The van der Waals surface area contributed by atoms with Gasteiger partial charge in [-0.1, -0.05) is 25.5 Å². The molecular weight excluding hydrogens is 504 g/mol. The highest BCUT2D eigenvalue weighted by atomic mass is 32.1. The largest absolute Gasteiger partial charge is 0.487 e. The van der Waals surface area contributed by atoms with Crippen LogP contribution in [-0.4, -0.2) is 37.5 Å². The van der Waals surface area contributed by atoms with Crippen LogP contribution >= 0.6 is 12.2 Å². The van der Waals surface area contributed by atoms with Crippen LogP contribution in [0.1, 0.15) is 48.2 Å². The lowest BCUT2D eigenvalue weighted by molar-refractivity contribution is -0.385. The van der Waals surface area contributed by atoms with E-state index in [1.165, 1.54) is 17.7 Å². The standard InChI is InChI=1S/C27H28N6O4S/c1-4-6-7-18-8-11-20(12-9-18)32-30-22-14-17(3)21(16-23(22)31-32)28-27(38)29-26(34)19-10-13-25(37-5-2)24(15-19)33(35)36/h8-16H,4-7H2,1-3H3,(H2,28,29,34,38). The summed E-state index contributed by atoms with van der Waals surface area (Å²) in [6, 6.07) is 15.9. The molecule has 0 aliphatic rings. The number of nitrogens with zero attached hydrogens (tertiary/aromatic N) is 4. The van der Waals surface area contributed by atoms with E-state index in [2.05, 4.69) is 39.9 Å². The molecule has 1 heterocycles. The zero-order chi connectivity index (χ0) is 27.2. The van der Waals surface area contributed by atoms with E-state index in [-0.39, 0.29) is 28.7 Å². The number of aryl methyl sites for hydroxylation is 2. The number of benzene rings is 3. The number of hydrogen-bond acceptors (Lipinski definition) is 7. The van der Waals surface area contributed by atoms with E-state index in [1.54, 1.807) is 11.7 Å². The summed E-state index contributed by atoms with van der Waals surface area (Å²) in [5.74, 6) is -0.486. The van der Waals surface area contributed by atoms with E-state index in [9.17, 15) is 14.9 Å². The summed E-state index contributed by atoms with van der Waals surface area (Å²) in [6.45, 7) is 6.06. The van der Waals surface area contributed by atoms with Crippen LogP contribution in [0.15, 0.2) is 54.6 Å². The fourth-order valence-electron chi connectivity index (χ4n) is 3.90. The predicted octanol–water partition coefficient (Wildman–Crippen LogP) is 5.51. The Labute approximate surface area is 225 Å². The highest BCUT2D eigenvalue weighted by Gasteiger charge is 2.19. The number of fused-ring (bicyclic) bond motifs is 1. The number of rotatable bonds is 9. The van der Waals surface area contributed by atoms with Crippen LogP contribution in [0, 0.1) is 17.0 Å². The third-order valence-corrected chi connectivity index (χ3v) is 6.11. The first kappa shape index (κ1) is 26.7. The molecule has 3 aromatic carbocycles. The first-order chi connectivity index (χ1) is 18.3. The average molecular weight is 533 g/mol. The molecule has 1 amide bonds. The molecule has 0 atom stereocenters. The smallest absolute Gasteiger partial charge is 0.311 e. The maximum Gasteiger partial charge on any atom is 0.311 e. The third-order valence-electron chi connectivity index (χ3n) is 5.91. The highest BCUT2D eigenvalue weighted by molar-refractivity contribution is 7.80. The first-order valence-electron chi connectivity index (χ1n) is 12.3. The minimum Gasteiger partial charge on any atom is -0.487 e. The summed E-state index contributed by atoms with van der Waals surface area (Å²) >= 11 is 5.33. The van der Waals surface area contributed by atoms with Crippen molar-refractivity contribution in [2.75, 3.05) is 11.9 Å². The van der Waals surface area contributed by atoms with Gasteiger partial charge in [0, 0.05) is 17.3 Å². The minimum atomic E-state index is -0.592. The lowest BCUT2D eigenvalue weighted by atomic mass is 10.1. The van der Waals surface area contributed by atoms with Crippen molar-refractivity contribution in [1.82, 2.24) is 20.3 Å². The van der Waals surface area contributed by atoms with Gasteiger partial charge in [0.15, 0.2) is 10.9 Å². The van der Waals surface area contributed by atoms with Crippen molar-refractivity contribution in [2.45, 2.75) is 40.0 Å². The Morgan fingerprint density at radius 2 is 1.79 bits per heavy atom. The summed E-state index contributed by atoms with van der Waals surface area (Å²) in [7, 11) is 0. The Hall–Kier alpha value is -4.38. The van der Waals surface area contributed by atoms with Crippen LogP contribution < -0.4 is 15.4 Å². The molecule has 0 bridgehead atoms. The lowest BCUT2D eigenvalue weighted by Gasteiger charge is -2.12. The second-order valence-electron chi connectivity index (χ2n) is 8.70. The normalized spacial score (nSPS) is 10.8. The number of nitro groups is 1. The van der Waals surface area contributed by atoms with Gasteiger partial charge in [-0.3, -0.25) is 20.2 Å². The number of hydrogen-bond donors (Lipinski definition) is 2. The van der Waals surface area contributed by atoms with Crippen LogP contribution in [0.25, 0.3) is 16.7 Å². The van der Waals surface area contributed by atoms with Crippen molar-refractivity contribution in [2.24, 2.45) is 0 Å². The molecule has 0 radical (unpaired) electrons. The van der Waals surface area contributed by atoms with Crippen LogP contribution in [0.2, 0.25) is 0 Å². The number of amides is 1. The van der Waals surface area contributed by atoms with Crippen molar-refractivity contribution in [1.29, 1.82) is 0 Å². The molecule has 1 aromatic heterocycles. The summed E-state index contributed by atoms with van der Waals surface area (Å²) in [5, 5.41) is 26.2. The molecule has 0 unspecified atom stereocenters. The summed E-state index contributed by atoms with van der Waals surface area (Å²) < 4.78 is 5.27. The number of unbranched alkanes of at least 4 members (excludes halogenated alkanes) is 1. The van der Waals surface area contributed by atoms with Gasteiger partial charge in [0.25, 0.3) is 5.91 Å². The highest BCUT2D eigenvalue weighted by Crippen LogP contribution is 2.28. The van der Waals surface area contributed by atoms with E-state index in [0.717, 1.165) is 42.1 Å². The molecule has 38 heavy (non-hydrogen) atoms. The second kappa shape index (κ2) is 11.8. The zero-order valence-electron chi connectivity index (χ0n) is 21.4. The van der Waals surface area contributed by atoms with Crippen molar-refractivity contribution in [3.63, 3.8) is 0 Å². The molecule has 0 spiro atoms. The zero-order valence-corrected chi connectivity index (χ0v) is 22.2. The number of carbonyl (C=O) groups is 1. The Kier molecular flexibility index (Phi) is 8.27. The van der Waals surface area contributed by atoms with E-state index in [1.807, 2.05) is 31.2 Å².